The lowest BCUT2D eigenvalue weighted by Crippen LogP contribution is -2.35. The third kappa shape index (κ3) is 7.54. The second kappa shape index (κ2) is 5.14. The SMILES string of the molecule is CC(=O)O.CC1(C)CCCNC1. The molecule has 0 aliphatic carbocycles. The van der Waals surface area contributed by atoms with Gasteiger partial charge in [-0.3, -0.25) is 4.79 Å². The number of hydrogen-bond acceptors (Lipinski definition) is 2. The molecule has 1 heterocycles. The number of piperidine rings is 1. The fraction of sp³-hybridized carbons (Fsp3) is 0.889. The molecular weight excluding hydrogens is 154 g/mol. The van der Waals surface area contributed by atoms with E-state index in [1.165, 1.54) is 25.9 Å². The zero-order chi connectivity index (χ0) is 9.61. The fourth-order valence-corrected chi connectivity index (χ4v) is 1.21. The highest BCUT2D eigenvalue weighted by Crippen LogP contribution is 2.23. The second-order valence-corrected chi connectivity index (χ2v) is 3.96. The molecule has 0 saturated carbocycles. The van der Waals surface area contributed by atoms with Gasteiger partial charge in [0.15, 0.2) is 0 Å². The van der Waals surface area contributed by atoms with Gasteiger partial charge in [-0.05, 0) is 24.8 Å². The molecule has 0 aromatic rings. The van der Waals surface area contributed by atoms with Crippen molar-refractivity contribution in [3.05, 3.63) is 0 Å². The Bertz CT molecular complexity index is 131. The van der Waals surface area contributed by atoms with Crippen LogP contribution >= 0.6 is 0 Å². The van der Waals surface area contributed by atoms with Crippen LogP contribution in [0.15, 0.2) is 0 Å². The van der Waals surface area contributed by atoms with Gasteiger partial charge in [-0.1, -0.05) is 13.8 Å². The Labute approximate surface area is 74.2 Å². The quantitative estimate of drug-likeness (QED) is 0.583. The van der Waals surface area contributed by atoms with Crippen molar-refractivity contribution in [1.29, 1.82) is 0 Å². The van der Waals surface area contributed by atoms with E-state index in [9.17, 15) is 0 Å². The smallest absolute Gasteiger partial charge is 0.300 e. The Morgan fingerprint density at radius 3 is 2.17 bits per heavy atom. The van der Waals surface area contributed by atoms with Gasteiger partial charge in [0.05, 0.1) is 0 Å². The van der Waals surface area contributed by atoms with E-state index in [2.05, 4.69) is 19.2 Å². The van der Waals surface area contributed by atoms with Gasteiger partial charge in [-0.15, -0.1) is 0 Å². The van der Waals surface area contributed by atoms with Crippen molar-refractivity contribution in [2.45, 2.75) is 33.6 Å². The molecule has 1 saturated heterocycles. The van der Waals surface area contributed by atoms with Gasteiger partial charge < -0.3 is 10.4 Å². The number of hydrogen-bond donors (Lipinski definition) is 2. The van der Waals surface area contributed by atoms with Crippen molar-refractivity contribution < 1.29 is 9.90 Å². The molecule has 0 amide bonds. The van der Waals surface area contributed by atoms with Crippen LogP contribution in [0.2, 0.25) is 0 Å². The molecule has 0 unspecified atom stereocenters. The van der Waals surface area contributed by atoms with Gasteiger partial charge in [0, 0.05) is 13.5 Å². The van der Waals surface area contributed by atoms with E-state index < -0.39 is 5.97 Å². The standard InChI is InChI=1S/C7H15N.C2H4O2/c1-7(2)4-3-5-8-6-7;1-2(3)4/h8H,3-6H2,1-2H3;1H3,(H,3,4). The minimum absolute atomic E-state index is 0.568. The predicted molar refractivity (Wildman–Crippen MR) is 49.2 cm³/mol. The van der Waals surface area contributed by atoms with Crippen LogP contribution in [0.5, 0.6) is 0 Å². The maximum absolute atomic E-state index is 9.00. The molecule has 1 aliphatic rings. The molecule has 0 aromatic heterocycles. The van der Waals surface area contributed by atoms with E-state index in [0.717, 1.165) is 6.92 Å². The van der Waals surface area contributed by atoms with Crippen molar-refractivity contribution in [2.24, 2.45) is 5.41 Å². The minimum atomic E-state index is -0.833. The van der Waals surface area contributed by atoms with Gasteiger partial charge in [0.1, 0.15) is 0 Å². The van der Waals surface area contributed by atoms with Crippen molar-refractivity contribution in [1.82, 2.24) is 5.32 Å². The topological polar surface area (TPSA) is 49.3 Å². The molecule has 0 aromatic carbocycles. The zero-order valence-electron chi connectivity index (χ0n) is 8.18. The second-order valence-electron chi connectivity index (χ2n) is 3.96. The lowest BCUT2D eigenvalue weighted by atomic mass is 9.85. The lowest BCUT2D eigenvalue weighted by Gasteiger charge is -2.29. The molecule has 0 atom stereocenters. The summed E-state index contributed by atoms with van der Waals surface area (Å²) >= 11 is 0. The summed E-state index contributed by atoms with van der Waals surface area (Å²) in [6.07, 6.45) is 2.74. The predicted octanol–water partition coefficient (Wildman–Crippen LogP) is 1.49. The van der Waals surface area contributed by atoms with Crippen LogP contribution in [-0.2, 0) is 4.79 Å². The van der Waals surface area contributed by atoms with Gasteiger partial charge in [0.2, 0.25) is 0 Å². The van der Waals surface area contributed by atoms with Gasteiger partial charge in [0.25, 0.3) is 5.97 Å². The average molecular weight is 173 g/mol. The Morgan fingerprint density at radius 1 is 1.50 bits per heavy atom. The first-order valence-corrected chi connectivity index (χ1v) is 4.34. The van der Waals surface area contributed by atoms with E-state index in [1.54, 1.807) is 0 Å². The number of carbonyl (C=O) groups is 1. The Morgan fingerprint density at radius 2 is 2.00 bits per heavy atom. The largest absolute Gasteiger partial charge is 0.481 e. The van der Waals surface area contributed by atoms with Crippen molar-refractivity contribution in [3.63, 3.8) is 0 Å². The third-order valence-corrected chi connectivity index (χ3v) is 1.81. The Balaban J connectivity index is 0.000000261. The zero-order valence-corrected chi connectivity index (χ0v) is 8.18. The number of rotatable bonds is 0. The van der Waals surface area contributed by atoms with Crippen LogP contribution in [0.3, 0.4) is 0 Å². The molecule has 1 aliphatic heterocycles. The van der Waals surface area contributed by atoms with Crippen LogP contribution in [0.25, 0.3) is 0 Å². The van der Waals surface area contributed by atoms with Crippen LogP contribution in [0, 0.1) is 5.41 Å². The summed E-state index contributed by atoms with van der Waals surface area (Å²) in [5.41, 5.74) is 0.568. The molecule has 0 radical (unpaired) electrons. The summed E-state index contributed by atoms with van der Waals surface area (Å²) in [5.74, 6) is -0.833. The van der Waals surface area contributed by atoms with E-state index in [-0.39, 0.29) is 0 Å². The number of carboxylic acid groups (broad SMARTS) is 1. The van der Waals surface area contributed by atoms with Crippen molar-refractivity contribution >= 4 is 5.97 Å². The summed E-state index contributed by atoms with van der Waals surface area (Å²) in [6, 6.07) is 0. The van der Waals surface area contributed by atoms with E-state index in [1.807, 2.05) is 0 Å². The molecule has 3 nitrogen and oxygen atoms in total. The maximum Gasteiger partial charge on any atom is 0.300 e. The first-order valence-electron chi connectivity index (χ1n) is 4.34. The molecule has 72 valence electrons. The van der Waals surface area contributed by atoms with E-state index in [0.29, 0.717) is 5.41 Å². The Hall–Kier alpha value is -0.570. The molecule has 0 bridgehead atoms. The highest BCUT2D eigenvalue weighted by Gasteiger charge is 2.19. The Kier molecular flexibility index (Phi) is 4.90. The first-order chi connectivity index (χ1) is 5.44. The monoisotopic (exact) mass is 173 g/mol. The molecule has 2 N–H and O–H groups in total. The van der Waals surface area contributed by atoms with Crippen LogP contribution in [0.4, 0.5) is 0 Å². The molecule has 1 fully saturated rings. The van der Waals surface area contributed by atoms with Crippen molar-refractivity contribution in [3.8, 4) is 0 Å². The summed E-state index contributed by atoms with van der Waals surface area (Å²) < 4.78 is 0. The number of carboxylic acids is 1. The van der Waals surface area contributed by atoms with Crippen LogP contribution in [0.1, 0.15) is 33.6 Å². The summed E-state index contributed by atoms with van der Waals surface area (Å²) in [5, 5.41) is 10.8. The first kappa shape index (κ1) is 11.4. The fourth-order valence-electron chi connectivity index (χ4n) is 1.21. The summed E-state index contributed by atoms with van der Waals surface area (Å²) in [7, 11) is 0. The van der Waals surface area contributed by atoms with Crippen molar-refractivity contribution in [2.75, 3.05) is 13.1 Å². The number of nitrogens with one attached hydrogen (secondary N) is 1. The lowest BCUT2D eigenvalue weighted by molar-refractivity contribution is -0.134. The molecular formula is C9H19NO2. The molecule has 3 heteroatoms. The normalized spacial score (nSPS) is 20.6. The minimum Gasteiger partial charge on any atom is -0.481 e. The van der Waals surface area contributed by atoms with E-state index >= 15 is 0 Å². The van der Waals surface area contributed by atoms with E-state index in [4.69, 9.17) is 9.90 Å². The molecule has 0 spiro atoms. The maximum atomic E-state index is 9.00. The molecule has 1 rings (SSSR count). The van der Waals surface area contributed by atoms with Crippen LogP contribution in [-0.4, -0.2) is 24.2 Å². The number of aliphatic carboxylic acids is 1. The highest BCUT2D eigenvalue weighted by molar-refractivity contribution is 5.62. The summed E-state index contributed by atoms with van der Waals surface area (Å²) in [4.78, 5) is 9.00. The average Bonchev–Trinajstić information content (AvgIpc) is 1.85. The van der Waals surface area contributed by atoms with Gasteiger partial charge in [-0.2, -0.15) is 0 Å². The van der Waals surface area contributed by atoms with Gasteiger partial charge in [-0.25, -0.2) is 0 Å². The highest BCUT2D eigenvalue weighted by atomic mass is 16.4. The van der Waals surface area contributed by atoms with Gasteiger partial charge >= 0.3 is 0 Å². The summed E-state index contributed by atoms with van der Waals surface area (Å²) in [6.45, 7) is 8.15. The third-order valence-electron chi connectivity index (χ3n) is 1.81. The molecule has 12 heavy (non-hydrogen) atoms. The van der Waals surface area contributed by atoms with Crippen LogP contribution < -0.4 is 5.32 Å².